The summed E-state index contributed by atoms with van der Waals surface area (Å²) >= 11 is 0. The average Bonchev–Trinajstić information content (AvgIpc) is 2.77. The second-order valence-electron chi connectivity index (χ2n) is 5.71. The lowest BCUT2D eigenvalue weighted by atomic mass is 9.80. The summed E-state index contributed by atoms with van der Waals surface area (Å²) < 4.78 is 10.5. The van der Waals surface area contributed by atoms with Gasteiger partial charge in [0.1, 0.15) is 0 Å². The van der Waals surface area contributed by atoms with Crippen LogP contribution in [0.4, 0.5) is 0 Å². The Balaban J connectivity index is 2.09. The first kappa shape index (κ1) is 13.1. The lowest BCUT2D eigenvalue weighted by Gasteiger charge is -2.34. The number of carbonyl (C=O) groups is 2. The number of ketones is 2. The molecule has 0 bridgehead atoms. The SMILES string of the molecule is Cc1coc2c1C(=O)C1=C(O[C@@H](O)[C@@H](C(C)C)C1)C2=O. The number of fused-ring (bicyclic) bond motifs is 1. The molecular formula is C15H16O5. The van der Waals surface area contributed by atoms with Crippen LogP contribution in [0.15, 0.2) is 22.0 Å². The van der Waals surface area contributed by atoms with Gasteiger partial charge in [0.25, 0.3) is 5.78 Å². The van der Waals surface area contributed by atoms with Gasteiger partial charge in [-0.15, -0.1) is 0 Å². The number of hydrogen-bond donors (Lipinski definition) is 1. The van der Waals surface area contributed by atoms with Crippen molar-refractivity contribution in [3.8, 4) is 0 Å². The van der Waals surface area contributed by atoms with Crippen molar-refractivity contribution < 1.29 is 23.8 Å². The zero-order valence-corrected chi connectivity index (χ0v) is 11.6. The van der Waals surface area contributed by atoms with Crippen LogP contribution in [0.2, 0.25) is 0 Å². The highest BCUT2D eigenvalue weighted by Crippen LogP contribution is 2.39. The van der Waals surface area contributed by atoms with E-state index in [4.69, 9.17) is 9.15 Å². The van der Waals surface area contributed by atoms with Gasteiger partial charge in [-0.05, 0) is 24.8 Å². The number of hydrogen-bond acceptors (Lipinski definition) is 5. The molecule has 2 atom stereocenters. The molecule has 1 aliphatic carbocycles. The lowest BCUT2D eigenvalue weighted by Crippen LogP contribution is -2.38. The van der Waals surface area contributed by atoms with Crippen LogP contribution >= 0.6 is 0 Å². The van der Waals surface area contributed by atoms with Crippen LogP contribution in [0.3, 0.4) is 0 Å². The fraction of sp³-hybridized carbons (Fsp3) is 0.467. The van der Waals surface area contributed by atoms with Crippen molar-refractivity contribution in [2.24, 2.45) is 11.8 Å². The van der Waals surface area contributed by atoms with Crippen molar-refractivity contribution >= 4 is 11.6 Å². The quantitative estimate of drug-likeness (QED) is 0.851. The molecule has 5 heteroatoms. The van der Waals surface area contributed by atoms with Crippen molar-refractivity contribution in [1.82, 2.24) is 0 Å². The molecule has 2 heterocycles. The minimum absolute atomic E-state index is 0.0152. The second-order valence-corrected chi connectivity index (χ2v) is 5.71. The van der Waals surface area contributed by atoms with Gasteiger partial charge in [-0.1, -0.05) is 13.8 Å². The monoisotopic (exact) mass is 276 g/mol. The van der Waals surface area contributed by atoms with Gasteiger partial charge < -0.3 is 14.3 Å². The molecule has 106 valence electrons. The minimum Gasteiger partial charge on any atom is -0.460 e. The zero-order chi connectivity index (χ0) is 14.6. The van der Waals surface area contributed by atoms with Crippen molar-refractivity contribution in [2.75, 3.05) is 0 Å². The third-order valence-corrected chi connectivity index (χ3v) is 4.06. The van der Waals surface area contributed by atoms with Crippen LogP contribution < -0.4 is 0 Å². The summed E-state index contributed by atoms with van der Waals surface area (Å²) in [6, 6.07) is 0. The van der Waals surface area contributed by atoms with Gasteiger partial charge in [-0.2, -0.15) is 0 Å². The third kappa shape index (κ3) is 1.66. The van der Waals surface area contributed by atoms with Gasteiger partial charge in [0.15, 0.2) is 17.3 Å². The van der Waals surface area contributed by atoms with Crippen LogP contribution in [-0.2, 0) is 4.74 Å². The fourth-order valence-electron chi connectivity index (χ4n) is 2.81. The number of Topliss-reactive ketones (excluding diaryl/α,β-unsaturated/α-hetero) is 2. The van der Waals surface area contributed by atoms with Crippen molar-refractivity contribution in [3.63, 3.8) is 0 Å². The molecule has 1 aromatic heterocycles. The molecule has 20 heavy (non-hydrogen) atoms. The summed E-state index contributed by atoms with van der Waals surface area (Å²) in [7, 11) is 0. The van der Waals surface area contributed by atoms with E-state index in [1.807, 2.05) is 13.8 Å². The summed E-state index contributed by atoms with van der Waals surface area (Å²) in [5.41, 5.74) is 1.34. The van der Waals surface area contributed by atoms with Gasteiger partial charge >= 0.3 is 0 Å². The number of ether oxygens (including phenoxy) is 1. The standard InChI is InChI=1S/C15H16O5/c1-6(2)8-4-9-11(16)10-7(3)5-19-14(10)12(17)13(9)20-15(8)18/h5-6,8,15,18H,4H2,1-3H3/t8-,15-/m1/s1. The first-order chi connectivity index (χ1) is 9.41. The first-order valence-electron chi connectivity index (χ1n) is 6.67. The number of aliphatic hydroxyl groups excluding tert-OH is 1. The summed E-state index contributed by atoms with van der Waals surface area (Å²) in [5, 5.41) is 9.98. The highest BCUT2D eigenvalue weighted by Gasteiger charge is 2.44. The molecule has 5 nitrogen and oxygen atoms in total. The molecule has 1 N–H and O–H groups in total. The van der Waals surface area contributed by atoms with Crippen LogP contribution in [0.5, 0.6) is 0 Å². The van der Waals surface area contributed by atoms with Crippen molar-refractivity contribution in [3.05, 3.63) is 34.5 Å². The van der Waals surface area contributed by atoms with Gasteiger partial charge in [0.05, 0.1) is 11.8 Å². The predicted molar refractivity (Wildman–Crippen MR) is 69.2 cm³/mol. The molecule has 1 aromatic rings. The predicted octanol–water partition coefficient (Wildman–Crippen LogP) is 2.23. The van der Waals surface area contributed by atoms with E-state index in [0.717, 1.165) is 0 Å². The van der Waals surface area contributed by atoms with Crippen molar-refractivity contribution in [2.45, 2.75) is 33.5 Å². The number of rotatable bonds is 1. The summed E-state index contributed by atoms with van der Waals surface area (Å²) in [6.45, 7) is 5.64. The van der Waals surface area contributed by atoms with Gasteiger partial charge in [-0.25, -0.2) is 0 Å². The number of allylic oxidation sites excluding steroid dienone is 2. The molecule has 0 aromatic carbocycles. The van der Waals surface area contributed by atoms with Crippen LogP contribution in [-0.4, -0.2) is 23.0 Å². The van der Waals surface area contributed by atoms with E-state index in [9.17, 15) is 14.7 Å². The highest BCUT2D eigenvalue weighted by atomic mass is 16.6. The first-order valence-corrected chi connectivity index (χ1v) is 6.67. The summed E-state index contributed by atoms with van der Waals surface area (Å²) in [5.74, 6) is -0.766. The van der Waals surface area contributed by atoms with E-state index in [1.165, 1.54) is 6.26 Å². The van der Waals surface area contributed by atoms with E-state index in [-0.39, 0.29) is 29.1 Å². The molecule has 3 rings (SSSR count). The molecule has 0 spiro atoms. The summed E-state index contributed by atoms with van der Waals surface area (Å²) in [4.78, 5) is 24.8. The fourth-order valence-corrected chi connectivity index (χ4v) is 2.81. The third-order valence-electron chi connectivity index (χ3n) is 4.06. The highest BCUT2D eigenvalue weighted by molar-refractivity contribution is 6.25. The number of aliphatic hydroxyl groups is 1. The Morgan fingerprint density at radius 2 is 2.00 bits per heavy atom. The average molecular weight is 276 g/mol. The molecule has 0 saturated heterocycles. The van der Waals surface area contributed by atoms with E-state index in [0.29, 0.717) is 23.1 Å². The maximum absolute atomic E-state index is 12.5. The molecule has 0 unspecified atom stereocenters. The molecule has 1 aliphatic heterocycles. The Labute approximate surface area is 116 Å². The second kappa shape index (κ2) is 4.31. The number of aryl methyl sites for hydroxylation is 1. The Hall–Kier alpha value is -1.88. The number of carbonyl (C=O) groups excluding carboxylic acids is 2. The van der Waals surface area contributed by atoms with Crippen LogP contribution in [0.25, 0.3) is 0 Å². The van der Waals surface area contributed by atoms with E-state index < -0.39 is 12.1 Å². The molecule has 0 fully saturated rings. The molecule has 2 aliphatic rings. The normalized spacial score (nSPS) is 25.6. The Bertz CT molecular complexity index is 635. The van der Waals surface area contributed by atoms with E-state index >= 15 is 0 Å². The largest absolute Gasteiger partial charge is 0.460 e. The minimum atomic E-state index is -1.07. The Kier molecular flexibility index (Phi) is 2.83. The van der Waals surface area contributed by atoms with Gasteiger partial charge in [0.2, 0.25) is 6.29 Å². The Morgan fingerprint density at radius 3 is 2.65 bits per heavy atom. The molecule has 0 radical (unpaired) electrons. The van der Waals surface area contributed by atoms with E-state index in [1.54, 1.807) is 6.92 Å². The van der Waals surface area contributed by atoms with Crippen molar-refractivity contribution in [1.29, 1.82) is 0 Å². The summed E-state index contributed by atoms with van der Waals surface area (Å²) in [6.07, 6.45) is 0.682. The molecular weight excluding hydrogens is 260 g/mol. The maximum atomic E-state index is 12.5. The maximum Gasteiger partial charge on any atom is 0.263 e. The van der Waals surface area contributed by atoms with E-state index in [2.05, 4.69) is 0 Å². The molecule has 0 saturated carbocycles. The zero-order valence-electron chi connectivity index (χ0n) is 11.6. The smallest absolute Gasteiger partial charge is 0.263 e. The van der Waals surface area contributed by atoms with Gasteiger partial charge in [0, 0.05) is 11.5 Å². The van der Waals surface area contributed by atoms with Crippen LogP contribution in [0.1, 0.15) is 46.7 Å². The van der Waals surface area contributed by atoms with Crippen LogP contribution in [0, 0.1) is 18.8 Å². The molecule has 0 amide bonds. The lowest BCUT2D eigenvalue weighted by molar-refractivity contribution is -0.123. The Morgan fingerprint density at radius 1 is 1.30 bits per heavy atom. The topological polar surface area (TPSA) is 76.7 Å². The number of furan rings is 1. The van der Waals surface area contributed by atoms with Gasteiger partial charge in [-0.3, -0.25) is 9.59 Å².